The standard InChI is InChI=1S/C14H20BrClO/c1-10(2)13(15)6-4-5-11-9-12(16)7-8-14(11)17-3/h7-10,13H,4-6H2,1-3H3. The molecule has 0 saturated heterocycles. The molecule has 0 aliphatic rings. The van der Waals surface area contributed by atoms with Crippen LogP contribution in [0.2, 0.25) is 5.02 Å². The van der Waals surface area contributed by atoms with Gasteiger partial charge in [0.25, 0.3) is 0 Å². The van der Waals surface area contributed by atoms with E-state index in [-0.39, 0.29) is 0 Å². The van der Waals surface area contributed by atoms with Gasteiger partial charge in [-0.15, -0.1) is 0 Å². The molecule has 1 rings (SSSR count). The fourth-order valence-corrected chi connectivity index (χ4v) is 2.28. The quantitative estimate of drug-likeness (QED) is 0.664. The number of rotatable bonds is 6. The summed E-state index contributed by atoms with van der Waals surface area (Å²) in [5, 5.41) is 0.778. The molecule has 0 amide bonds. The van der Waals surface area contributed by atoms with Gasteiger partial charge in [-0.25, -0.2) is 0 Å². The van der Waals surface area contributed by atoms with Crippen LogP contribution in [0, 0.1) is 5.92 Å². The topological polar surface area (TPSA) is 9.23 Å². The highest BCUT2D eigenvalue weighted by Gasteiger charge is 2.10. The van der Waals surface area contributed by atoms with Crippen molar-refractivity contribution >= 4 is 27.5 Å². The average molecular weight is 320 g/mol. The van der Waals surface area contributed by atoms with Gasteiger partial charge in [0.15, 0.2) is 0 Å². The van der Waals surface area contributed by atoms with Crippen LogP contribution in [0.15, 0.2) is 18.2 Å². The molecule has 0 spiro atoms. The first-order valence-corrected chi connectivity index (χ1v) is 7.30. The average Bonchev–Trinajstić information content (AvgIpc) is 2.29. The molecule has 0 N–H and O–H groups in total. The lowest BCUT2D eigenvalue weighted by Gasteiger charge is -2.14. The van der Waals surface area contributed by atoms with E-state index >= 15 is 0 Å². The summed E-state index contributed by atoms with van der Waals surface area (Å²) < 4.78 is 5.33. The van der Waals surface area contributed by atoms with Crippen molar-refractivity contribution in [2.75, 3.05) is 7.11 Å². The Morgan fingerprint density at radius 3 is 2.65 bits per heavy atom. The van der Waals surface area contributed by atoms with E-state index in [0.29, 0.717) is 10.7 Å². The lowest BCUT2D eigenvalue weighted by atomic mass is 10.0. The van der Waals surface area contributed by atoms with Gasteiger partial charge in [0.05, 0.1) is 7.11 Å². The maximum absolute atomic E-state index is 6.00. The molecule has 0 saturated carbocycles. The van der Waals surface area contributed by atoms with Crippen molar-refractivity contribution in [2.24, 2.45) is 5.92 Å². The van der Waals surface area contributed by atoms with Crippen LogP contribution in [-0.4, -0.2) is 11.9 Å². The minimum absolute atomic E-state index is 0.590. The van der Waals surface area contributed by atoms with Gasteiger partial charge in [0.2, 0.25) is 0 Å². The molecule has 0 aliphatic carbocycles. The largest absolute Gasteiger partial charge is 0.496 e. The van der Waals surface area contributed by atoms with E-state index in [2.05, 4.69) is 29.8 Å². The Hall–Kier alpha value is -0.210. The number of halogens is 2. The number of benzene rings is 1. The van der Waals surface area contributed by atoms with E-state index in [1.807, 2.05) is 18.2 Å². The molecule has 0 heterocycles. The fraction of sp³-hybridized carbons (Fsp3) is 0.571. The Morgan fingerprint density at radius 2 is 2.06 bits per heavy atom. The highest BCUT2D eigenvalue weighted by molar-refractivity contribution is 9.09. The Labute approximate surface area is 118 Å². The normalized spacial score (nSPS) is 12.8. The summed E-state index contributed by atoms with van der Waals surface area (Å²) in [5.41, 5.74) is 1.20. The number of methoxy groups -OCH3 is 1. The van der Waals surface area contributed by atoms with Crippen molar-refractivity contribution in [1.29, 1.82) is 0 Å². The predicted octanol–water partition coefficient (Wildman–Crippen LogP) is 5.09. The molecule has 1 unspecified atom stereocenters. The molecule has 0 aliphatic heterocycles. The van der Waals surface area contributed by atoms with Gasteiger partial charge in [-0.05, 0) is 48.9 Å². The van der Waals surface area contributed by atoms with Crippen LogP contribution in [0.4, 0.5) is 0 Å². The van der Waals surface area contributed by atoms with Crippen molar-refractivity contribution in [3.05, 3.63) is 28.8 Å². The summed E-state index contributed by atoms with van der Waals surface area (Å²) >= 11 is 9.71. The van der Waals surface area contributed by atoms with Gasteiger partial charge in [0, 0.05) is 9.85 Å². The summed E-state index contributed by atoms with van der Waals surface area (Å²) in [6.45, 7) is 4.47. The van der Waals surface area contributed by atoms with Crippen LogP contribution in [0.3, 0.4) is 0 Å². The monoisotopic (exact) mass is 318 g/mol. The van der Waals surface area contributed by atoms with E-state index in [1.165, 1.54) is 12.0 Å². The summed E-state index contributed by atoms with van der Waals surface area (Å²) in [6, 6.07) is 5.80. The molecule has 17 heavy (non-hydrogen) atoms. The zero-order valence-electron chi connectivity index (χ0n) is 10.7. The van der Waals surface area contributed by atoms with E-state index < -0.39 is 0 Å². The van der Waals surface area contributed by atoms with Crippen LogP contribution in [0.5, 0.6) is 5.75 Å². The summed E-state index contributed by atoms with van der Waals surface area (Å²) in [4.78, 5) is 0.590. The van der Waals surface area contributed by atoms with Crippen molar-refractivity contribution < 1.29 is 4.74 Å². The third kappa shape index (κ3) is 4.89. The molecule has 96 valence electrons. The first kappa shape index (κ1) is 14.8. The molecule has 0 radical (unpaired) electrons. The molecule has 0 aromatic heterocycles. The van der Waals surface area contributed by atoms with Crippen molar-refractivity contribution in [3.63, 3.8) is 0 Å². The first-order valence-electron chi connectivity index (χ1n) is 6.01. The Bertz CT molecular complexity index is 352. The second kappa shape index (κ2) is 7.27. The zero-order chi connectivity index (χ0) is 12.8. The van der Waals surface area contributed by atoms with Crippen molar-refractivity contribution in [1.82, 2.24) is 0 Å². The lowest BCUT2D eigenvalue weighted by Crippen LogP contribution is -2.07. The number of hydrogen-bond acceptors (Lipinski definition) is 1. The molecular weight excluding hydrogens is 300 g/mol. The number of aryl methyl sites for hydroxylation is 1. The lowest BCUT2D eigenvalue weighted by molar-refractivity contribution is 0.408. The summed E-state index contributed by atoms with van der Waals surface area (Å²) in [7, 11) is 1.70. The third-order valence-corrected chi connectivity index (χ3v) is 4.64. The third-order valence-electron chi connectivity index (χ3n) is 2.89. The zero-order valence-corrected chi connectivity index (χ0v) is 13.0. The van der Waals surface area contributed by atoms with Crippen LogP contribution in [-0.2, 0) is 6.42 Å². The Kier molecular flexibility index (Phi) is 6.35. The molecular formula is C14H20BrClO. The molecule has 1 atom stereocenters. The molecule has 0 bridgehead atoms. The summed E-state index contributed by atoms with van der Waals surface area (Å²) in [5.74, 6) is 1.61. The van der Waals surface area contributed by atoms with E-state index in [4.69, 9.17) is 16.3 Å². The second-order valence-corrected chi connectivity index (χ2v) is 6.22. The molecule has 1 aromatic rings. The molecule has 3 heteroatoms. The number of alkyl halides is 1. The van der Waals surface area contributed by atoms with E-state index in [0.717, 1.165) is 23.6 Å². The minimum atomic E-state index is 0.590. The first-order chi connectivity index (χ1) is 8.04. The van der Waals surface area contributed by atoms with Crippen molar-refractivity contribution in [2.45, 2.75) is 37.9 Å². The molecule has 1 aromatic carbocycles. The smallest absolute Gasteiger partial charge is 0.122 e. The minimum Gasteiger partial charge on any atom is -0.496 e. The highest BCUT2D eigenvalue weighted by Crippen LogP contribution is 2.26. The predicted molar refractivity (Wildman–Crippen MR) is 78.5 cm³/mol. The summed E-state index contributed by atoms with van der Waals surface area (Å²) in [6.07, 6.45) is 3.33. The van der Waals surface area contributed by atoms with E-state index in [1.54, 1.807) is 7.11 Å². The highest BCUT2D eigenvalue weighted by atomic mass is 79.9. The maximum Gasteiger partial charge on any atom is 0.122 e. The van der Waals surface area contributed by atoms with Gasteiger partial charge >= 0.3 is 0 Å². The Morgan fingerprint density at radius 1 is 1.35 bits per heavy atom. The van der Waals surface area contributed by atoms with Gasteiger partial charge in [0.1, 0.15) is 5.75 Å². The fourth-order valence-electron chi connectivity index (χ4n) is 1.76. The van der Waals surface area contributed by atoms with Crippen LogP contribution < -0.4 is 4.74 Å². The van der Waals surface area contributed by atoms with Gasteiger partial charge in [-0.1, -0.05) is 41.4 Å². The van der Waals surface area contributed by atoms with Gasteiger partial charge in [-0.2, -0.15) is 0 Å². The number of ether oxygens (including phenoxy) is 1. The maximum atomic E-state index is 6.00. The van der Waals surface area contributed by atoms with Gasteiger partial charge < -0.3 is 4.74 Å². The SMILES string of the molecule is COc1ccc(Cl)cc1CCCC(Br)C(C)C. The number of hydrogen-bond donors (Lipinski definition) is 0. The van der Waals surface area contributed by atoms with Gasteiger partial charge in [-0.3, -0.25) is 0 Å². The van der Waals surface area contributed by atoms with E-state index in [9.17, 15) is 0 Å². The Balaban J connectivity index is 2.53. The molecule has 0 fully saturated rings. The van der Waals surface area contributed by atoms with Crippen LogP contribution in [0.25, 0.3) is 0 Å². The van der Waals surface area contributed by atoms with Crippen molar-refractivity contribution in [3.8, 4) is 5.75 Å². The second-order valence-electron chi connectivity index (χ2n) is 4.61. The van der Waals surface area contributed by atoms with Crippen LogP contribution >= 0.6 is 27.5 Å². The molecule has 1 nitrogen and oxygen atoms in total. The van der Waals surface area contributed by atoms with Crippen LogP contribution in [0.1, 0.15) is 32.3 Å².